The van der Waals surface area contributed by atoms with Gasteiger partial charge in [-0.1, -0.05) is 58.4 Å². The zero-order valence-electron chi connectivity index (χ0n) is 11.4. The van der Waals surface area contributed by atoms with Gasteiger partial charge in [0.1, 0.15) is 18.2 Å². The molecule has 3 aromatic carbocycles. The quantitative estimate of drug-likeness (QED) is 0.571. The standard InChI is InChI=1S/C18H14BrFO/c19-11-17-16-4-2-1-3-14(16)7-10-18(17)21-12-13-5-8-15(20)9-6-13/h1-10H,11-12H2. The highest BCUT2D eigenvalue weighted by Crippen LogP contribution is 2.30. The third kappa shape index (κ3) is 3.08. The van der Waals surface area contributed by atoms with Crippen molar-refractivity contribution in [2.45, 2.75) is 11.9 Å². The Kier molecular flexibility index (Phi) is 4.20. The number of halogens is 2. The van der Waals surface area contributed by atoms with Gasteiger partial charge in [0.15, 0.2) is 0 Å². The second kappa shape index (κ2) is 6.27. The molecule has 0 N–H and O–H groups in total. The zero-order chi connectivity index (χ0) is 14.7. The highest BCUT2D eigenvalue weighted by Gasteiger charge is 2.08. The van der Waals surface area contributed by atoms with Crippen molar-refractivity contribution in [3.05, 3.63) is 77.6 Å². The summed E-state index contributed by atoms with van der Waals surface area (Å²) in [6.45, 7) is 0.429. The summed E-state index contributed by atoms with van der Waals surface area (Å²) < 4.78 is 18.8. The van der Waals surface area contributed by atoms with Crippen LogP contribution in [0.3, 0.4) is 0 Å². The van der Waals surface area contributed by atoms with Crippen molar-refractivity contribution < 1.29 is 9.13 Å². The van der Waals surface area contributed by atoms with Gasteiger partial charge in [0.05, 0.1) is 0 Å². The van der Waals surface area contributed by atoms with Gasteiger partial charge in [-0.15, -0.1) is 0 Å². The van der Waals surface area contributed by atoms with Gasteiger partial charge in [-0.3, -0.25) is 0 Å². The van der Waals surface area contributed by atoms with E-state index in [4.69, 9.17) is 4.74 Å². The fourth-order valence-electron chi connectivity index (χ4n) is 2.33. The molecule has 0 fully saturated rings. The highest BCUT2D eigenvalue weighted by atomic mass is 79.9. The van der Waals surface area contributed by atoms with Crippen LogP contribution >= 0.6 is 15.9 Å². The van der Waals surface area contributed by atoms with E-state index >= 15 is 0 Å². The molecule has 0 atom stereocenters. The Morgan fingerprint density at radius 1 is 0.905 bits per heavy atom. The number of hydrogen-bond donors (Lipinski definition) is 0. The Balaban J connectivity index is 1.88. The first-order valence-corrected chi connectivity index (χ1v) is 7.84. The predicted octanol–water partition coefficient (Wildman–Crippen LogP) is 5.45. The number of alkyl halides is 1. The number of benzene rings is 3. The fraction of sp³-hybridized carbons (Fsp3) is 0.111. The summed E-state index contributed by atoms with van der Waals surface area (Å²) in [4.78, 5) is 0. The van der Waals surface area contributed by atoms with Crippen LogP contribution < -0.4 is 4.74 Å². The maximum Gasteiger partial charge on any atom is 0.124 e. The smallest absolute Gasteiger partial charge is 0.124 e. The molecule has 0 spiro atoms. The topological polar surface area (TPSA) is 9.23 Å². The van der Waals surface area contributed by atoms with Crippen molar-refractivity contribution in [1.29, 1.82) is 0 Å². The predicted molar refractivity (Wildman–Crippen MR) is 87.3 cm³/mol. The Morgan fingerprint density at radius 2 is 1.67 bits per heavy atom. The van der Waals surface area contributed by atoms with Gasteiger partial charge >= 0.3 is 0 Å². The first-order valence-electron chi connectivity index (χ1n) is 6.72. The van der Waals surface area contributed by atoms with Crippen LogP contribution in [0.15, 0.2) is 60.7 Å². The molecule has 106 valence electrons. The van der Waals surface area contributed by atoms with Crippen LogP contribution in [-0.2, 0) is 11.9 Å². The van der Waals surface area contributed by atoms with Gasteiger partial charge in [-0.05, 0) is 34.5 Å². The van der Waals surface area contributed by atoms with Crippen LogP contribution in [0.5, 0.6) is 5.75 Å². The summed E-state index contributed by atoms with van der Waals surface area (Å²) in [7, 11) is 0. The lowest BCUT2D eigenvalue weighted by molar-refractivity contribution is 0.304. The number of fused-ring (bicyclic) bond motifs is 1. The number of rotatable bonds is 4. The number of hydrogen-bond acceptors (Lipinski definition) is 1. The molecule has 3 rings (SSSR count). The van der Waals surface area contributed by atoms with E-state index in [2.05, 4.69) is 34.1 Å². The van der Waals surface area contributed by atoms with Gasteiger partial charge in [0.2, 0.25) is 0 Å². The third-order valence-electron chi connectivity index (χ3n) is 3.44. The maximum atomic E-state index is 12.9. The summed E-state index contributed by atoms with van der Waals surface area (Å²) in [5.74, 6) is 0.625. The molecule has 0 aliphatic rings. The average molecular weight is 345 g/mol. The van der Waals surface area contributed by atoms with Crippen molar-refractivity contribution >= 4 is 26.7 Å². The van der Waals surface area contributed by atoms with Crippen molar-refractivity contribution in [1.82, 2.24) is 0 Å². The molecule has 0 bridgehead atoms. The van der Waals surface area contributed by atoms with Crippen molar-refractivity contribution in [2.75, 3.05) is 0 Å². The normalized spacial score (nSPS) is 10.8. The Bertz CT molecular complexity index is 753. The first kappa shape index (κ1) is 14.1. The van der Waals surface area contributed by atoms with Crippen molar-refractivity contribution in [2.24, 2.45) is 0 Å². The molecule has 0 heterocycles. The van der Waals surface area contributed by atoms with E-state index in [0.29, 0.717) is 6.61 Å². The second-order valence-electron chi connectivity index (χ2n) is 4.81. The molecule has 3 heteroatoms. The molecule has 0 amide bonds. The van der Waals surface area contributed by atoms with Crippen molar-refractivity contribution in [3.63, 3.8) is 0 Å². The molecule has 0 aliphatic heterocycles. The molecule has 0 saturated heterocycles. The summed E-state index contributed by atoms with van der Waals surface area (Å²) >= 11 is 3.54. The molecular weight excluding hydrogens is 331 g/mol. The lowest BCUT2D eigenvalue weighted by Gasteiger charge is -2.13. The monoisotopic (exact) mass is 344 g/mol. The molecular formula is C18H14BrFO. The van der Waals surface area contributed by atoms with Crippen molar-refractivity contribution in [3.8, 4) is 5.75 Å². The largest absolute Gasteiger partial charge is 0.489 e. The molecule has 21 heavy (non-hydrogen) atoms. The Morgan fingerprint density at radius 3 is 2.43 bits per heavy atom. The second-order valence-corrected chi connectivity index (χ2v) is 5.37. The molecule has 0 saturated carbocycles. The van der Waals surface area contributed by atoms with Gasteiger partial charge in [-0.2, -0.15) is 0 Å². The maximum absolute atomic E-state index is 12.9. The average Bonchev–Trinajstić information content (AvgIpc) is 2.53. The Labute approximate surface area is 131 Å². The highest BCUT2D eigenvalue weighted by molar-refractivity contribution is 9.08. The van der Waals surface area contributed by atoms with Crippen LogP contribution in [0.25, 0.3) is 10.8 Å². The third-order valence-corrected chi connectivity index (χ3v) is 4.00. The van der Waals surface area contributed by atoms with Crippen LogP contribution in [0.4, 0.5) is 4.39 Å². The summed E-state index contributed by atoms with van der Waals surface area (Å²) in [5.41, 5.74) is 2.08. The van der Waals surface area contributed by atoms with E-state index in [9.17, 15) is 4.39 Å². The van der Waals surface area contributed by atoms with E-state index in [1.54, 1.807) is 12.1 Å². The van der Waals surface area contributed by atoms with Gasteiger partial charge < -0.3 is 4.74 Å². The minimum Gasteiger partial charge on any atom is -0.489 e. The molecule has 0 radical (unpaired) electrons. The van der Waals surface area contributed by atoms with E-state index in [1.165, 1.54) is 22.9 Å². The van der Waals surface area contributed by atoms with Crippen LogP contribution in [0, 0.1) is 5.82 Å². The van der Waals surface area contributed by atoms with E-state index < -0.39 is 0 Å². The molecule has 0 aliphatic carbocycles. The van der Waals surface area contributed by atoms with Gasteiger partial charge in [0, 0.05) is 10.9 Å². The van der Waals surface area contributed by atoms with Crippen LogP contribution in [0.2, 0.25) is 0 Å². The lowest BCUT2D eigenvalue weighted by atomic mass is 10.0. The molecule has 3 aromatic rings. The van der Waals surface area contributed by atoms with Crippen LogP contribution in [-0.4, -0.2) is 0 Å². The summed E-state index contributed by atoms with van der Waals surface area (Å²) in [6, 6.07) is 18.7. The van der Waals surface area contributed by atoms with E-state index in [-0.39, 0.29) is 5.82 Å². The zero-order valence-corrected chi connectivity index (χ0v) is 12.9. The number of ether oxygens (including phenoxy) is 1. The van der Waals surface area contributed by atoms with Gasteiger partial charge in [-0.25, -0.2) is 4.39 Å². The van der Waals surface area contributed by atoms with E-state index in [1.807, 2.05) is 18.2 Å². The van der Waals surface area contributed by atoms with Crippen LogP contribution in [0.1, 0.15) is 11.1 Å². The molecule has 0 aromatic heterocycles. The summed E-state index contributed by atoms with van der Waals surface area (Å²) in [5, 5.41) is 3.11. The minimum atomic E-state index is -0.231. The van der Waals surface area contributed by atoms with E-state index in [0.717, 1.165) is 22.2 Å². The van der Waals surface area contributed by atoms with Gasteiger partial charge in [0.25, 0.3) is 0 Å². The fourth-order valence-corrected chi connectivity index (χ4v) is 2.91. The first-order chi connectivity index (χ1) is 10.3. The molecule has 0 unspecified atom stereocenters. The lowest BCUT2D eigenvalue weighted by Crippen LogP contribution is -1.98. The minimum absolute atomic E-state index is 0.231. The Hall–Kier alpha value is -1.87. The molecule has 1 nitrogen and oxygen atoms in total. The summed E-state index contributed by atoms with van der Waals surface area (Å²) in [6.07, 6.45) is 0. The SMILES string of the molecule is Fc1ccc(COc2ccc3ccccc3c2CBr)cc1.